The van der Waals surface area contributed by atoms with Crippen molar-refractivity contribution in [2.24, 2.45) is 5.92 Å². The van der Waals surface area contributed by atoms with E-state index in [1.54, 1.807) is 12.1 Å². The van der Waals surface area contributed by atoms with Gasteiger partial charge < -0.3 is 15.2 Å². The van der Waals surface area contributed by atoms with Crippen LogP contribution in [0.5, 0.6) is 0 Å². The summed E-state index contributed by atoms with van der Waals surface area (Å²) in [6.45, 7) is 4.89. The van der Waals surface area contributed by atoms with Crippen molar-refractivity contribution in [2.75, 3.05) is 20.6 Å². The maximum absolute atomic E-state index is 11.9. The summed E-state index contributed by atoms with van der Waals surface area (Å²) < 4.78 is 0. The summed E-state index contributed by atoms with van der Waals surface area (Å²) in [6.07, 6.45) is 1.01. The molecule has 19 heavy (non-hydrogen) atoms. The third-order valence-electron chi connectivity index (χ3n) is 2.99. The van der Waals surface area contributed by atoms with E-state index in [4.69, 9.17) is 0 Å². The van der Waals surface area contributed by atoms with Gasteiger partial charge >= 0.3 is 0 Å². The molecule has 0 fully saturated rings. The first-order valence-electron chi connectivity index (χ1n) is 6.54. The zero-order valence-electron chi connectivity index (χ0n) is 12.1. The number of pyridine rings is 1. The first-order chi connectivity index (χ1) is 8.90. The van der Waals surface area contributed by atoms with Crippen LogP contribution in [0.4, 0.5) is 0 Å². The molecule has 0 saturated heterocycles. The predicted octanol–water partition coefficient (Wildman–Crippen LogP) is 1.08. The molecule has 0 bridgehead atoms. The lowest BCUT2D eigenvalue weighted by Gasteiger charge is -2.26. The Hall–Kier alpha value is -1.62. The van der Waals surface area contributed by atoms with Crippen LogP contribution in [-0.2, 0) is 0 Å². The van der Waals surface area contributed by atoms with E-state index in [1.807, 2.05) is 14.1 Å². The van der Waals surface area contributed by atoms with Gasteiger partial charge in [0.15, 0.2) is 0 Å². The van der Waals surface area contributed by atoms with Gasteiger partial charge in [-0.15, -0.1) is 0 Å². The number of aromatic amines is 1. The number of hydrogen-bond acceptors (Lipinski definition) is 3. The van der Waals surface area contributed by atoms with Gasteiger partial charge in [0.1, 0.15) is 5.69 Å². The highest BCUT2D eigenvalue weighted by Crippen LogP contribution is 2.08. The number of hydrogen-bond donors (Lipinski definition) is 2. The molecular formula is C14H23N3O2. The average Bonchev–Trinajstić information content (AvgIpc) is 2.33. The first kappa shape index (κ1) is 15.4. The van der Waals surface area contributed by atoms with Crippen molar-refractivity contribution in [3.8, 4) is 0 Å². The zero-order valence-corrected chi connectivity index (χ0v) is 12.1. The molecule has 0 aliphatic carbocycles. The molecule has 5 nitrogen and oxygen atoms in total. The van der Waals surface area contributed by atoms with E-state index in [2.05, 4.69) is 29.0 Å². The van der Waals surface area contributed by atoms with Crippen molar-refractivity contribution in [1.82, 2.24) is 15.2 Å². The van der Waals surface area contributed by atoms with Gasteiger partial charge in [-0.2, -0.15) is 0 Å². The van der Waals surface area contributed by atoms with E-state index in [0.29, 0.717) is 24.2 Å². The fourth-order valence-corrected chi connectivity index (χ4v) is 1.91. The summed E-state index contributed by atoms with van der Waals surface area (Å²) in [5, 5.41) is 2.86. The van der Waals surface area contributed by atoms with Crippen molar-refractivity contribution in [2.45, 2.75) is 26.3 Å². The van der Waals surface area contributed by atoms with Crippen molar-refractivity contribution in [1.29, 1.82) is 0 Å². The monoisotopic (exact) mass is 265 g/mol. The van der Waals surface area contributed by atoms with Crippen molar-refractivity contribution < 1.29 is 4.79 Å². The second-order valence-corrected chi connectivity index (χ2v) is 5.39. The molecule has 1 atom stereocenters. The Morgan fingerprint density at radius 2 is 2.05 bits per heavy atom. The molecule has 0 aliphatic rings. The number of rotatable bonds is 6. The molecule has 0 aromatic carbocycles. The van der Waals surface area contributed by atoms with Gasteiger partial charge in [-0.05, 0) is 32.5 Å². The van der Waals surface area contributed by atoms with Crippen LogP contribution in [0.1, 0.15) is 30.8 Å². The molecule has 0 aliphatic heterocycles. The molecule has 106 valence electrons. The topological polar surface area (TPSA) is 65.2 Å². The minimum atomic E-state index is -0.265. The van der Waals surface area contributed by atoms with E-state index in [1.165, 1.54) is 6.07 Å². The first-order valence-corrected chi connectivity index (χ1v) is 6.54. The quantitative estimate of drug-likeness (QED) is 0.809. The molecule has 2 N–H and O–H groups in total. The predicted molar refractivity (Wildman–Crippen MR) is 76.3 cm³/mol. The van der Waals surface area contributed by atoms with Gasteiger partial charge in [0.05, 0.1) is 0 Å². The summed E-state index contributed by atoms with van der Waals surface area (Å²) in [5.74, 6) is 0.328. The Morgan fingerprint density at radius 3 is 2.58 bits per heavy atom. The minimum absolute atomic E-state index is 0.242. The normalized spacial score (nSPS) is 12.7. The van der Waals surface area contributed by atoms with E-state index in [0.717, 1.165) is 6.42 Å². The fraction of sp³-hybridized carbons (Fsp3) is 0.571. The second kappa shape index (κ2) is 7.09. The molecule has 5 heteroatoms. The van der Waals surface area contributed by atoms with Gasteiger partial charge in [0.2, 0.25) is 5.56 Å². The smallest absolute Gasteiger partial charge is 0.267 e. The number of likely N-dealkylation sites (N-methyl/N-ethyl adjacent to an activating group) is 1. The molecule has 1 aromatic rings. The maximum Gasteiger partial charge on any atom is 0.267 e. The summed E-state index contributed by atoms with van der Waals surface area (Å²) in [5.41, 5.74) is 0.0357. The Kier molecular flexibility index (Phi) is 5.76. The van der Waals surface area contributed by atoms with Crippen LogP contribution in [0, 0.1) is 5.92 Å². The number of nitrogens with one attached hydrogen (secondary N) is 2. The highest BCUT2D eigenvalue weighted by Gasteiger charge is 2.15. The molecule has 0 radical (unpaired) electrons. The van der Waals surface area contributed by atoms with E-state index in [9.17, 15) is 9.59 Å². The fourth-order valence-electron chi connectivity index (χ4n) is 1.91. The van der Waals surface area contributed by atoms with Gasteiger partial charge in [-0.1, -0.05) is 19.9 Å². The molecule has 1 aromatic heterocycles. The van der Waals surface area contributed by atoms with Crippen LogP contribution in [0.15, 0.2) is 23.0 Å². The molecule has 1 rings (SSSR count). The molecule has 0 saturated carbocycles. The largest absolute Gasteiger partial charge is 0.349 e. The highest BCUT2D eigenvalue weighted by atomic mass is 16.2. The van der Waals surface area contributed by atoms with Gasteiger partial charge in [-0.25, -0.2) is 0 Å². The van der Waals surface area contributed by atoms with Crippen molar-refractivity contribution >= 4 is 5.91 Å². The van der Waals surface area contributed by atoms with Gasteiger partial charge in [0, 0.05) is 18.7 Å². The summed E-state index contributed by atoms with van der Waals surface area (Å²) in [7, 11) is 4.01. The van der Waals surface area contributed by atoms with E-state index < -0.39 is 0 Å². The van der Waals surface area contributed by atoms with Crippen molar-refractivity contribution in [3.63, 3.8) is 0 Å². The van der Waals surface area contributed by atoms with Crippen LogP contribution < -0.4 is 10.9 Å². The van der Waals surface area contributed by atoms with Gasteiger partial charge in [0.25, 0.3) is 5.91 Å². The van der Waals surface area contributed by atoms with Crippen LogP contribution in [0.3, 0.4) is 0 Å². The van der Waals surface area contributed by atoms with Gasteiger partial charge in [-0.3, -0.25) is 9.59 Å². The van der Waals surface area contributed by atoms with E-state index >= 15 is 0 Å². The lowest BCUT2D eigenvalue weighted by molar-refractivity contribution is 0.0933. The number of carbonyl (C=O) groups excluding carboxylic acids is 1. The maximum atomic E-state index is 11.9. The minimum Gasteiger partial charge on any atom is -0.349 e. The number of nitrogens with zero attached hydrogens (tertiary/aromatic N) is 1. The summed E-state index contributed by atoms with van der Waals surface area (Å²) in [6, 6.07) is 4.85. The van der Waals surface area contributed by atoms with Crippen LogP contribution >= 0.6 is 0 Å². The molecular weight excluding hydrogens is 242 g/mol. The SMILES string of the molecule is CC(C)CC(CNC(=O)c1cccc(=O)[nH]1)N(C)C. The molecule has 1 heterocycles. The number of aromatic nitrogens is 1. The van der Waals surface area contributed by atoms with Crippen LogP contribution in [0.25, 0.3) is 0 Å². The van der Waals surface area contributed by atoms with E-state index in [-0.39, 0.29) is 11.5 Å². The Labute approximate surface area is 114 Å². The standard InChI is InChI=1S/C14H23N3O2/c1-10(2)8-11(17(3)4)9-15-14(19)12-6-5-7-13(18)16-12/h5-7,10-11H,8-9H2,1-4H3,(H,15,19)(H,16,18). The molecule has 0 spiro atoms. The van der Waals surface area contributed by atoms with Crippen LogP contribution in [0.2, 0.25) is 0 Å². The Bertz CT molecular complexity index is 466. The molecule has 1 unspecified atom stereocenters. The summed E-state index contributed by atoms with van der Waals surface area (Å²) in [4.78, 5) is 27.7. The third-order valence-corrected chi connectivity index (χ3v) is 2.99. The lowest BCUT2D eigenvalue weighted by Crippen LogP contribution is -2.41. The Morgan fingerprint density at radius 1 is 1.37 bits per heavy atom. The van der Waals surface area contributed by atoms with Crippen LogP contribution in [-0.4, -0.2) is 42.5 Å². The lowest BCUT2D eigenvalue weighted by atomic mass is 10.0. The third kappa shape index (κ3) is 5.26. The number of amides is 1. The summed E-state index contributed by atoms with van der Waals surface area (Å²) >= 11 is 0. The number of H-pyrrole nitrogens is 1. The van der Waals surface area contributed by atoms with Crippen molar-refractivity contribution in [3.05, 3.63) is 34.2 Å². The number of carbonyl (C=O) groups is 1. The second-order valence-electron chi connectivity index (χ2n) is 5.39. The molecule has 1 amide bonds. The highest BCUT2D eigenvalue weighted by molar-refractivity contribution is 5.92. The Balaban J connectivity index is 2.59. The zero-order chi connectivity index (χ0) is 14.4. The average molecular weight is 265 g/mol.